The molecule has 1 aliphatic heterocycles. The minimum Gasteiger partial charge on any atom is -0.370 e. The highest BCUT2D eigenvalue weighted by Crippen LogP contribution is 2.26. The first-order valence-corrected chi connectivity index (χ1v) is 6.96. The van der Waals surface area contributed by atoms with Crippen molar-refractivity contribution < 1.29 is 4.74 Å². The summed E-state index contributed by atoms with van der Waals surface area (Å²) < 4.78 is 5.93. The molecule has 2 aromatic rings. The maximum absolute atomic E-state index is 5.93. The molecular weight excluding hydrogens is 250 g/mol. The van der Waals surface area contributed by atoms with Gasteiger partial charge >= 0.3 is 0 Å². The van der Waals surface area contributed by atoms with Crippen LogP contribution in [0.15, 0.2) is 36.5 Å². The number of hydrogen-bond donors (Lipinski definition) is 0. The highest BCUT2D eigenvalue weighted by Gasteiger charge is 2.24. The summed E-state index contributed by atoms with van der Waals surface area (Å²) in [6, 6.07) is 10.3. The van der Waals surface area contributed by atoms with Crippen LogP contribution in [-0.2, 0) is 4.74 Å². The number of benzene rings is 1. The summed E-state index contributed by atoms with van der Waals surface area (Å²) in [4.78, 5) is 11.1. The van der Waals surface area contributed by atoms with Crippen LogP contribution in [0.2, 0.25) is 0 Å². The van der Waals surface area contributed by atoms with Crippen molar-refractivity contribution in [3.8, 4) is 0 Å². The highest BCUT2D eigenvalue weighted by molar-refractivity contribution is 5.35. The molecule has 1 aromatic carbocycles. The van der Waals surface area contributed by atoms with E-state index in [4.69, 9.17) is 4.74 Å². The molecule has 1 unspecified atom stereocenters. The van der Waals surface area contributed by atoms with Gasteiger partial charge in [-0.25, -0.2) is 9.97 Å². The lowest BCUT2D eigenvalue weighted by Crippen LogP contribution is -2.39. The molecule has 0 aliphatic carbocycles. The fraction of sp³-hybridized carbons (Fsp3) is 0.375. The van der Waals surface area contributed by atoms with Crippen LogP contribution in [0.3, 0.4) is 0 Å². The van der Waals surface area contributed by atoms with Crippen LogP contribution in [0, 0.1) is 13.8 Å². The third-order valence-electron chi connectivity index (χ3n) is 3.67. The summed E-state index contributed by atoms with van der Waals surface area (Å²) in [7, 11) is 0. The fourth-order valence-electron chi connectivity index (χ4n) is 2.56. The molecule has 1 aromatic heterocycles. The van der Waals surface area contributed by atoms with E-state index in [1.807, 2.05) is 19.2 Å². The van der Waals surface area contributed by atoms with Crippen molar-refractivity contribution in [1.29, 1.82) is 0 Å². The van der Waals surface area contributed by atoms with Crippen LogP contribution in [0.1, 0.15) is 22.9 Å². The molecule has 4 nitrogen and oxygen atoms in total. The van der Waals surface area contributed by atoms with Gasteiger partial charge in [-0.05, 0) is 31.0 Å². The molecule has 1 fully saturated rings. The number of ether oxygens (including phenoxy) is 1. The second kappa shape index (κ2) is 5.59. The quantitative estimate of drug-likeness (QED) is 0.840. The highest BCUT2D eigenvalue weighted by atomic mass is 16.5. The Morgan fingerprint density at radius 3 is 2.85 bits per heavy atom. The summed E-state index contributed by atoms with van der Waals surface area (Å²) >= 11 is 0. The molecule has 0 spiro atoms. The molecule has 0 amide bonds. The third kappa shape index (κ3) is 2.65. The second-order valence-corrected chi connectivity index (χ2v) is 5.16. The van der Waals surface area contributed by atoms with E-state index in [0.717, 1.165) is 24.7 Å². The van der Waals surface area contributed by atoms with Crippen molar-refractivity contribution in [2.45, 2.75) is 20.0 Å². The molecule has 0 saturated carbocycles. The third-order valence-corrected chi connectivity index (χ3v) is 3.67. The number of aryl methyl sites for hydroxylation is 2. The first-order chi connectivity index (χ1) is 9.74. The Labute approximate surface area is 119 Å². The van der Waals surface area contributed by atoms with Crippen molar-refractivity contribution in [2.75, 3.05) is 24.6 Å². The molecular formula is C16H19N3O. The predicted octanol–water partition coefficient (Wildman–Crippen LogP) is 2.67. The van der Waals surface area contributed by atoms with Gasteiger partial charge in [0.05, 0.1) is 13.2 Å². The molecule has 0 bridgehead atoms. The Bertz CT molecular complexity index is 600. The van der Waals surface area contributed by atoms with Crippen molar-refractivity contribution in [1.82, 2.24) is 9.97 Å². The summed E-state index contributed by atoms with van der Waals surface area (Å²) in [6.07, 6.45) is 1.91. The molecule has 0 radical (unpaired) electrons. The number of anilines is 1. The van der Waals surface area contributed by atoms with E-state index in [1.165, 1.54) is 11.1 Å². The van der Waals surface area contributed by atoms with Crippen molar-refractivity contribution >= 4 is 5.95 Å². The van der Waals surface area contributed by atoms with Crippen LogP contribution < -0.4 is 4.90 Å². The van der Waals surface area contributed by atoms with Crippen LogP contribution in [0.5, 0.6) is 0 Å². The zero-order chi connectivity index (χ0) is 13.9. The normalized spacial score (nSPS) is 19.1. The largest absolute Gasteiger partial charge is 0.370 e. The summed E-state index contributed by atoms with van der Waals surface area (Å²) in [5.41, 5.74) is 3.52. The summed E-state index contributed by atoms with van der Waals surface area (Å²) in [5.74, 6) is 0.798. The second-order valence-electron chi connectivity index (χ2n) is 5.16. The van der Waals surface area contributed by atoms with Gasteiger partial charge in [-0.2, -0.15) is 0 Å². The van der Waals surface area contributed by atoms with E-state index in [2.05, 4.69) is 46.1 Å². The standard InChI is InChI=1S/C16H19N3O/c1-12-5-3-4-6-14(12)15-11-19(9-10-20-15)16-17-8-7-13(2)18-16/h3-8,15H,9-11H2,1-2H3. The Kier molecular flexibility index (Phi) is 3.65. The molecule has 20 heavy (non-hydrogen) atoms. The molecule has 1 atom stereocenters. The van der Waals surface area contributed by atoms with Gasteiger partial charge in [0.2, 0.25) is 5.95 Å². The van der Waals surface area contributed by atoms with E-state index in [-0.39, 0.29) is 6.10 Å². The molecule has 1 saturated heterocycles. The van der Waals surface area contributed by atoms with Gasteiger partial charge < -0.3 is 9.64 Å². The monoisotopic (exact) mass is 269 g/mol. The Morgan fingerprint density at radius 2 is 2.05 bits per heavy atom. The molecule has 2 heterocycles. The van der Waals surface area contributed by atoms with Gasteiger partial charge in [-0.3, -0.25) is 0 Å². The Balaban J connectivity index is 1.82. The number of aromatic nitrogens is 2. The first-order valence-electron chi connectivity index (χ1n) is 6.96. The Morgan fingerprint density at radius 1 is 1.20 bits per heavy atom. The summed E-state index contributed by atoms with van der Waals surface area (Å²) in [6.45, 7) is 6.46. The van der Waals surface area contributed by atoms with Crippen molar-refractivity contribution in [2.24, 2.45) is 0 Å². The number of morpholine rings is 1. The average molecular weight is 269 g/mol. The maximum atomic E-state index is 5.93. The van der Waals surface area contributed by atoms with Crippen LogP contribution in [0.25, 0.3) is 0 Å². The Hall–Kier alpha value is -1.94. The lowest BCUT2D eigenvalue weighted by molar-refractivity contribution is 0.0388. The van der Waals surface area contributed by atoms with E-state index in [0.29, 0.717) is 6.61 Å². The van der Waals surface area contributed by atoms with Gasteiger partial charge in [0, 0.05) is 18.4 Å². The predicted molar refractivity (Wildman–Crippen MR) is 78.9 cm³/mol. The lowest BCUT2D eigenvalue weighted by atomic mass is 10.0. The maximum Gasteiger partial charge on any atom is 0.225 e. The molecule has 4 heteroatoms. The van der Waals surface area contributed by atoms with Gasteiger partial charge in [0.1, 0.15) is 6.10 Å². The van der Waals surface area contributed by atoms with E-state index in [1.54, 1.807) is 0 Å². The van der Waals surface area contributed by atoms with Crippen molar-refractivity contribution in [3.05, 3.63) is 53.3 Å². The van der Waals surface area contributed by atoms with Gasteiger partial charge in [0.25, 0.3) is 0 Å². The SMILES string of the molecule is Cc1ccnc(N2CCOC(c3ccccc3C)C2)n1. The fourth-order valence-corrected chi connectivity index (χ4v) is 2.56. The smallest absolute Gasteiger partial charge is 0.225 e. The van der Waals surface area contributed by atoms with Gasteiger partial charge in [-0.15, -0.1) is 0 Å². The topological polar surface area (TPSA) is 38.2 Å². The van der Waals surface area contributed by atoms with Crippen LogP contribution in [0.4, 0.5) is 5.95 Å². The number of rotatable bonds is 2. The average Bonchev–Trinajstić information content (AvgIpc) is 2.48. The van der Waals surface area contributed by atoms with Gasteiger partial charge in [0.15, 0.2) is 0 Å². The van der Waals surface area contributed by atoms with Crippen molar-refractivity contribution in [3.63, 3.8) is 0 Å². The minimum absolute atomic E-state index is 0.0917. The molecule has 0 N–H and O–H groups in total. The molecule has 1 aliphatic rings. The number of hydrogen-bond acceptors (Lipinski definition) is 4. The van der Waals surface area contributed by atoms with E-state index in [9.17, 15) is 0 Å². The van der Waals surface area contributed by atoms with E-state index < -0.39 is 0 Å². The zero-order valence-corrected chi connectivity index (χ0v) is 11.9. The lowest BCUT2D eigenvalue weighted by Gasteiger charge is -2.33. The molecule has 3 rings (SSSR count). The van der Waals surface area contributed by atoms with Gasteiger partial charge in [-0.1, -0.05) is 24.3 Å². The first kappa shape index (κ1) is 13.1. The zero-order valence-electron chi connectivity index (χ0n) is 11.9. The van der Waals surface area contributed by atoms with Crippen LogP contribution >= 0.6 is 0 Å². The summed E-state index contributed by atoms with van der Waals surface area (Å²) in [5, 5.41) is 0. The molecule has 104 valence electrons. The number of nitrogens with zero attached hydrogens (tertiary/aromatic N) is 3. The van der Waals surface area contributed by atoms with Crippen LogP contribution in [-0.4, -0.2) is 29.7 Å². The van der Waals surface area contributed by atoms with E-state index >= 15 is 0 Å². The minimum atomic E-state index is 0.0917.